The summed E-state index contributed by atoms with van der Waals surface area (Å²) >= 11 is 0. The van der Waals surface area contributed by atoms with Crippen LogP contribution in [0.2, 0.25) is 0 Å². The summed E-state index contributed by atoms with van der Waals surface area (Å²) in [7, 11) is 1.35. The van der Waals surface area contributed by atoms with E-state index in [4.69, 9.17) is 0 Å². The van der Waals surface area contributed by atoms with Crippen molar-refractivity contribution in [2.45, 2.75) is 6.54 Å². The zero-order chi connectivity index (χ0) is 14.9. The lowest BCUT2D eigenvalue weighted by atomic mass is 10.2. The van der Waals surface area contributed by atoms with E-state index in [9.17, 15) is 4.79 Å². The number of pyridine rings is 1. The molecule has 2 N–H and O–H groups in total. The molecule has 5 nitrogen and oxygen atoms in total. The van der Waals surface area contributed by atoms with E-state index in [0.717, 1.165) is 25.5 Å². The lowest BCUT2D eigenvalue weighted by Crippen LogP contribution is -2.22. The Morgan fingerprint density at radius 1 is 1.14 bits per heavy atom. The standard InChI is InChI=1S/C16H19N3O2/c1-21-16(20)14-7-8-15(19-12-14)18-10-9-17-11-13-5-3-2-4-6-13/h2-8,12,17H,9-11H2,1H3,(H,18,19). The largest absolute Gasteiger partial charge is 0.465 e. The van der Waals surface area contributed by atoms with E-state index < -0.39 is 0 Å². The maximum Gasteiger partial charge on any atom is 0.339 e. The molecule has 21 heavy (non-hydrogen) atoms. The first-order chi connectivity index (χ1) is 10.3. The molecule has 1 heterocycles. The molecule has 0 fully saturated rings. The van der Waals surface area contributed by atoms with E-state index >= 15 is 0 Å². The number of esters is 1. The third kappa shape index (κ3) is 4.89. The van der Waals surface area contributed by atoms with E-state index in [0.29, 0.717) is 5.56 Å². The Bertz CT molecular complexity index is 555. The van der Waals surface area contributed by atoms with E-state index in [2.05, 4.69) is 32.5 Å². The third-order valence-corrected chi connectivity index (χ3v) is 2.96. The van der Waals surface area contributed by atoms with Gasteiger partial charge in [-0.2, -0.15) is 0 Å². The van der Waals surface area contributed by atoms with Crippen LogP contribution in [-0.4, -0.2) is 31.2 Å². The van der Waals surface area contributed by atoms with Crippen LogP contribution in [0, 0.1) is 0 Å². The lowest BCUT2D eigenvalue weighted by Gasteiger charge is -2.07. The average Bonchev–Trinajstić information content (AvgIpc) is 2.55. The SMILES string of the molecule is COC(=O)c1ccc(NCCNCc2ccccc2)nc1. The molecule has 2 aromatic rings. The summed E-state index contributed by atoms with van der Waals surface area (Å²) < 4.78 is 4.62. The van der Waals surface area contributed by atoms with Crippen molar-refractivity contribution in [3.05, 3.63) is 59.8 Å². The number of hydrogen-bond donors (Lipinski definition) is 2. The predicted molar refractivity (Wildman–Crippen MR) is 82.2 cm³/mol. The van der Waals surface area contributed by atoms with Crippen molar-refractivity contribution in [2.75, 3.05) is 25.5 Å². The van der Waals surface area contributed by atoms with Crippen LogP contribution < -0.4 is 10.6 Å². The quantitative estimate of drug-likeness (QED) is 0.602. The Morgan fingerprint density at radius 2 is 1.95 bits per heavy atom. The topological polar surface area (TPSA) is 63.2 Å². The predicted octanol–water partition coefficient (Wildman–Crippen LogP) is 2.07. The van der Waals surface area contributed by atoms with Crippen molar-refractivity contribution < 1.29 is 9.53 Å². The number of nitrogens with zero attached hydrogens (tertiary/aromatic N) is 1. The first-order valence-electron chi connectivity index (χ1n) is 6.82. The molecular weight excluding hydrogens is 266 g/mol. The Morgan fingerprint density at radius 3 is 2.62 bits per heavy atom. The number of hydrogen-bond acceptors (Lipinski definition) is 5. The zero-order valence-electron chi connectivity index (χ0n) is 12.0. The number of aromatic nitrogens is 1. The maximum absolute atomic E-state index is 11.3. The van der Waals surface area contributed by atoms with Gasteiger partial charge in [0.15, 0.2) is 0 Å². The minimum atomic E-state index is -0.376. The molecule has 2 rings (SSSR count). The van der Waals surface area contributed by atoms with Crippen LogP contribution in [0.1, 0.15) is 15.9 Å². The number of methoxy groups -OCH3 is 1. The smallest absolute Gasteiger partial charge is 0.339 e. The minimum absolute atomic E-state index is 0.376. The van der Waals surface area contributed by atoms with Gasteiger partial charge in [-0.3, -0.25) is 0 Å². The van der Waals surface area contributed by atoms with Gasteiger partial charge in [-0.15, -0.1) is 0 Å². The Hall–Kier alpha value is -2.40. The molecule has 0 amide bonds. The molecular formula is C16H19N3O2. The molecule has 1 aromatic carbocycles. The van der Waals surface area contributed by atoms with Crippen molar-refractivity contribution >= 4 is 11.8 Å². The molecule has 0 atom stereocenters. The highest BCUT2D eigenvalue weighted by atomic mass is 16.5. The number of nitrogens with one attached hydrogen (secondary N) is 2. The monoisotopic (exact) mass is 285 g/mol. The normalized spacial score (nSPS) is 10.1. The van der Waals surface area contributed by atoms with Crippen LogP contribution in [0.5, 0.6) is 0 Å². The second-order valence-electron chi connectivity index (χ2n) is 4.51. The van der Waals surface area contributed by atoms with Crippen LogP contribution in [0.3, 0.4) is 0 Å². The highest BCUT2D eigenvalue weighted by Gasteiger charge is 2.04. The first-order valence-corrected chi connectivity index (χ1v) is 6.82. The van der Waals surface area contributed by atoms with Crippen molar-refractivity contribution in [1.29, 1.82) is 0 Å². The summed E-state index contributed by atoms with van der Waals surface area (Å²) in [4.78, 5) is 15.4. The first kappa shape index (κ1) is 15.0. The molecule has 0 aliphatic carbocycles. The number of anilines is 1. The second kappa shape index (κ2) is 8.01. The van der Waals surface area contributed by atoms with Gasteiger partial charge >= 0.3 is 5.97 Å². The average molecular weight is 285 g/mol. The minimum Gasteiger partial charge on any atom is -0.465 e. The van der Waals surface area contributed by atoms with Crippen LogP contribution in [0.15, 0.2) is 48.7 Å². The van der Waals surface area contributed by atoms with Gasteiger partial charge in [-0.05, 0) is 17.7 Å². The van der Waals surface area contributed by atoms with Gasteiger partial charge in [0.2, 0.25) is 0 Å². The van der Waals surface area contributed by atoms with Crippen molar-refractivity contribution in [3.63, 3.8) is 0 Å². The van der Waals surface area contributed by atoms with E-state index in [1.807, 2.05) is 18.2 Å². The van der Waals surface area contributed by atoms with Gasteiger partial charge in [0.25, 0.3) is 0 Å². The summed E-state index contributed by atoms with van der Waals surface area (Å²) in [5.74, 6) is 0.364. The van der Waals surface area contributed by atoms with Crippen LogP contribution in [-0.2, 0) is 11.3 Å². The molecule has 5 heteroatoms. The molecule has 0 spiro atoms. The maximum atomic E-state index is 11.3. The van der Waals surface area contributed by atoms with E-state index in [1.165, 1.54) is 18.9 Å². The Kier molecular flexibility index (Phi) is 5.72. The lowest BCUT2D eigenvalue weighted by molar-refractivity contribution is 0.0600. The Balaban J connectivity index is 1.68. The molecule has 1 aromatic heterocycles. The molecule has 0 bridgehead atoms. The van der Waals surface area contributed by atoms with Crippen molar-refractivity contribution in [3.8, 4) is 0 Å². The van der Waals surface area contributed by atoms with Gasteiger partial charge in [0, 0.05) is 25.8 Å². The fraction of sp³-hybridized carbons (Fsp3) is 0.250. The van der Waals surface area contributed by atoms with Gasteiger partial charge in [-0.25, -0.2) is 9.78 Å². The van der Waals surface area contributed by atoms with Gasteiger partial charge in [0.05, 0.1) is 12.7 Å². The molecule has 0 unspecified atom stereocenters. The van der Waals surface area contributed by atoms with Gasteiger partial charge in [-0.1, -0.05) is 30.3 Å². The summed E-state index contributed by atoms with van der Waals surface area (Å²) in [6, 6.07) is 13.7. The summed E-state index contributed by atoms with van der Waals surface area (Å²) in [6.07, 6.45) is 1.51. The Labute approximate surface area is 124 Å². The molecule has 0 saturated carbocycles. The highest BCUT2D eigenvalue weighted by molar-refractivity contribution is 5.89. The third-order valence-electron chi connectivity index (χ3n) is 2.96. The molecule has 110 valence electrons. The molecule has 0 radical (unpaired) electrons. The number of ether oxygens (including phenoxy) is 1. The number of carbonyl (C=O) groups is 1. The van der Waals surface area contributed by atoms with Crippen LogP contribution >= 0.6 is 0 Å². The highest BCUT2D eigenvalue weighted by Crippen LogP contribution is 2.05. The van der Waals surface area contributed by atoms with Crippen molar-refractivity contribution in [2.24, 2.45) is 0 Å². The van der Waals surface area contributed by atoms with E-state index in [-0.39, 0.29) is 5.97 Å². The number of carbonyl (C=O) groups excluding carboxylic acids is 1. The van der Waals surface area contributed by atoms with Gasteiger partial charge < -0.3 is 15.4 Å². The van der Waals surface area contributed by atoms with Crippen LogP contribution in [0.4, 0.5) is 5.82 Å². The molecule has 0 saturated heterocycles. The second-order valence-corrected chi connectivity index (χ2v) is 4.51. The fourth-order valence-electron chi connectivity index (χ4n) is 1.84. The molecule has 0 aliphatic rings. The van der Waals surface area contributed by atoms with Crippen LogP contribution in [0.25, 0.3) is 0 Å². The summed E-state index contributed by atoms with van der Waals surface area (Å²) in [6.45, 7) is 2.43. The fourth-order valence-corrected chi connectivity index (χ4v) is 1.84. The number of benzene rings is 1. The summed E-state index contributed by atoms with van der Waals surface area (Å²) in [5.41, 5.74) is 1.71. The van der Waals surface area contributed by atoms with Gasteiger partial charge in [0.1, 0.15) is 5.82 Å². The van der Waals surface area contributed by atoms with E-state index in [1.54, 1.807) is 12.1 Å². The van der Waals surface area contributed by atoms with Crippen molar-refractivity contribution in [1.82, 2.24) is 10.3 Å². The zero-order valence-corrected chi connectivity index (χ0v) is 12.0. The number of rotatable bonds is 7. The summed E-state index contributed by atoms with van der Waals surface area (Å²) in [5, 5.41) is 6.54. The molecule has 0 aliphatic heterocycles.